The third-order valence-electron chi connectivity index (χ3n) is 5.31. The highest BCUT2D eigenvalue weighted by atomic mass is 16.5. The van der Waals surface area contributed by atoms with E-state index in [4.69, 9.17) is 9.47 Å². The van der Waals surface area contributed by atoms with Gasteiger partial charge in [-0.3, -0.25) is 4.99 Å². The fourth-order valence-electron chi connectivity index (χ4n) is 3.67. The molecule has 1 atom stereocenters. The monoisotopic (exact) mass is 360 g/mol. The molecule has 2 aliphatic rings. The third kappa shape index (κ3) is 5.35. The van der Waals surface area contributed by atoms with Gasteiger partial charge in [0.15, 0.2) is 5.96 Å². The summed E-state index contributed by atoms with van der Waals surface area (Å²) in [4.78, 5) is 6.84. The largest absolute Gasteiger partial charge is 0.488 e. The smallest absolute Gasteiger partial charge is 0.191 e. The molecule has 2 aliphatic heterocycles. The van der Waals surface area contributed by atoms with Crippen LogP contribution in [0.25, 0.3) is 0 Å². The van der Waals surface area contributed by atoms with E-state index in [9.17, 15) is 0 Å². The Morgan fingerprint density at radius 1 is 1.23 bits per heavy atom. The van der Waals surface area contributed by atoms with Crippen LogP contribution in [0.4, 0.5) is 0 Å². The molecule has 1 unspecified atom stereocenters. The summed E-state index contributed by atoms with van der Waals surface area (Å²) in [5, 5.41) is 6.89. The summed E-state index contributed by atoms with van der Waals surface area (Å²) < 4.78 is 11.1. The molecular formula is C20H32N4O2. The summed E-state index contributed by atoms with van der Waals surface area (Å²) in [5.41, 5.74) is 1.29. The van der Waals surface area contributed by atoms with Crippen molar-refractivity contribution in [2.24, 2.45) is 10.9 Å². The molecule has 1 saturated heterocycles. The number of fused-ring (bicyclic) bond motifs is 1. The lowest BCUT2D eigenvalue weighted by Gasteiger charge is -2.32. The minimum absolute atomic E-state index is 0.176. The molecule has 0 spiro atoms. The van der Waals surface area contributed by atoms with Crippen molar-refractivity contribution >= 4 is 5.96 Å². The van der Waals surface area contributed by atoms with Gasteiger partial charge in [0.2, 0.25) is 0 Å². The molecule has 26 heavy (non-hydrogen) atoms. The maximum atomic E-state index is 5.98. The van der Waals surface area contributed by atoms with Gasteiger partial charge < -0.3 is 25.0 Å². The Morgan fingerprint density at radius 3 is 2.73 bits per heavy atom. The molecule has 0 saturated carbocycles. The summed E-state index contributed by atoms with van der Waals surface area (Å²) in [6.45, 7) is 5.94. The minimum atomic E-state index is 0.176. The average Bonchev–Trinajstić information content (AvgIpc) is 3.10. The SMILES string of the molecule is CN=C(NCC1CCN(CCOC)CC1)NCC1Cc2ccccc2O1. The van der Waals surface area contributed by atoms with E-state index >= 15 is 0 Å². The van der Waals surface area contributed by atoms with Crippen molar-refractivity contribution in [2.75, 3.05) is 53.5 Å². The van der Waals surface area contributed by atoms with Crippen LogP contribution in [-0.2, 0) is 11.2 Å². The van der Waals surface area contributed by atoms with Gasteiger partial charge >= 0.3 is 0 Å². The Labute approximate surface area is 157 Å². The van der Waals surface area contributed by atoms with Gasteiger partial charge in [-0.2, -0.15) is 0 Å². The zero-order chi connectivity index (χ0) is 18.2. The molecule has 0 aliphatic carbocycles. The second-order valence-corrected chi connectivity index (χ2v) is 7.16. The van der Waals surface area contributed by atoms with Crippen molar-refractivity contribution in [1.82, 2.24) is 15.5 Å². The quantitative estimate of drug-likeness (QED) is 0.570. The van der Waals surface area contributed by atoms with Crippen molar-refractivity contribution in [2.45, 2.75) is 25.4 Å². The van der Waals surface area contributed by atoms with E-state index in [1.165, 1.54) is 18.4 Å². The number of nitrogens with zero attached hydrogens (tertiary/aromatic N) is 2. The summed E-state index contributed by atoms with van der Waals surface area (Å²) >= 11 is 0. The second kappa shape index (κ2) is 9.78. The Bertz CT molecular complexity index is 560. The van der Waals surface area contributed by atoms with Crippen LogP contribution in [0.2, 0.25) is 0 Å². The number of piperidine rings is 1. The molecule has 1 aromatic rings. The number of aliphatic imine (C=N–C) groups is 1. The van der Waals surface area contributed by atoms with Crippen LogP contribution >= 0.6 is 0 Å². The number of ether oxygens (including phenoxy) is 2. The highest BCUT2D eigenvalue weighted by Crippen LogP contribution is 2.27. The molecule has 144 valence electrons. The molecule has 6 heteroatoms. The number of para-hydroxylation sites is 1. The molecule has 2 N–H and O–H groups in total. The van der Waals surface area contributed by atoms with Gasteiger partial charge in [-0.25, -0.2) is 0 Å². The highest BCUT2D eigenvalue weighted by Gasteiger charge is 2.23. The normalized spacial score (nSPS) is 21.3. The van der Waals surface area contributed by atoms with Gasteiger partial charge in [0, 0.05) is 33.7 Å². The number of hydrogen-bond acceptors (Lipinski definition) is 4. The molecule has 0 amide bonds. The Kier molecular flexibility index (Phi) is 7.14. The van der Waals surface area contributed by atoms with Crippen molar-refractivity contribution < 1.29 is 9.47 Å². The number of nitrogens with one attached hydrogen (secondary N) is 2. The van der Waals surface area contributed by atoms with Crippen LogP contribution in [0.1, 0.15) is 18.4 Å². The van der Waals surface area contributed by atoms with E-state index in [2.05, 4.69) is 32.7 Å². The summed E-state index contributed by atoms with van der Waals surface area (Å²) in [6.07, 6.45) is 3.60. The van der Waals surface area contributed by atoms with Gasteiger partial charge in [0.1, 0.15) is 11.9 Å². The molecule has 3 rings (SSSR count). The standard InChI is InChI=1S/C20H32N4O2/c1-21-20(22-14-16-7-9-24(10-8-16)11-12-25-2)23-15-18-13-17-5-3-4-6-19(17)26-18/h3-6,16,18H,7-15H2,1-2H3,(H2,21,22,23). The van der Waals surface area contributed by atoms with Gasteiger partial charge in [-0.15, -0.1) is 0 Å². The zero-order valence-corrected chi connectivity index (χ0v) is 16.0. The van der Waals surface area contributed by atoms with E-state index in [1.54, 1.807) is 7.11 Å². The zero-order valence-electron chi connectivity index (χ0n) is 16.0. The predicted octanol–water partition coefficient (Wildman–Crippen LogP) is 1.51. The lowest BCUT2D eigenvalue weighted by molar-refractivity contribution is 0.121. The number of likely N-dealkylation sites (tertiary alicyclic amines) is 1. The average molecular weight is 361 g/mol. The summed E-state index contributed by atoms with van der Waals surface area (Å²) in [5.74, 6) is 2.59. The molecule has 1 fully saturated rings. The first kappa shape index (κ1) is 19.0. The van der Waals surface area contributed by atoms with Crippen molar-refractivity contribution in [3.8, 4) is 5.75 Å². The number of hydrogen-bond donors (Lipinski definition) is 2. The first-order valence-electron chi connectivity index (χ1n) is 9.69. The summed E-state index contributed by atoms with van der Waals surface area (Å²) in [7, 11) is 3.59. The van der Waals surface area contributed by atoms with Crippen molar-refractivity contribution in [1.29, 1.82) is 0 Å². The van der Waals surface area contributed by atoms with Gasteiger partial charge in [-0.05, 0) is 43.5 Å². The third-order valence-corrected chi connectivity index (χ3v) is 5.31. The van der Waals surface area contributed by atoms with Gasteiger partial charge in [0.25, 0.3) is 0 Å². The van der Waals surface area contributed by atoms with Crippen LogP contribution in [0.15, 0.2) is 29.3 Å². The summed E-state index contributed by atoms with van der Waals surface area (Å²) in [6, 6.07) is 8.28. The molecule has 1 aromatic carbocycles. The van der Waals surface area contributed by atoms with Crippen LogP contribution in [-0.4, -0.2) is 70.5 Å². The van der Waals surface area contributed by atoms with E-state index in [0.717, 1.165) is 57.5 Å². The van der Waals surface area contributed by atoms with Gasteiger partial charge in [-0.1, -0.05) is 18.2 Å². The maximum Gasteiger partial charge on any atom is 0.191 e. The molecule has 6 nitrogen and oxygen atoms in total. The fourth-order valence-corrected chi connectivity index (χ4v) is 3.67. The Morgan fingerprint density at radius 2 is 2.00 bits per heavy atom. The second-order valence-electron chi connectivity index (χ2n) is 7.16. The molecule has 0 aromatic heterocycles. The van der Waals surface area contributed by atoms with Crippen molar-refractivity contribution in [3.05, 3.63) is 29.8 Å². The molecule has 0 bridgehead atoms. The number of guanidine groups is 1. The predicted molar refractivity (Wildman–Crippen MR) is 105 cm³/mol. The molecule has 2 heterocycles. The van der Waals surface area contributed by atoms with E-state index in [-0.39, 0.29) is 6.10 Å². The molecule has 0 radical (unpaired) electrons. The van der Waals surface area contributed by atoms with Crippen LogP contribution < -0.4 is 15.4 Å². The van der Waals surface area contributed by atoms with E-state index in [0.29, 0.717) is 5.92 Å². The van der Waals surface area contributed by atoms with E-state index < -0.39 is 0 Å². The maximum absolute atomic E-state index is 5.98. The highest BCUT2D eigenvalue weighted by molar-refractivity contribution is 5.79. The number of methoxy groups -OCH3 is 1. The van der Waals surface area contributed by atoms with Crippen LogP contribution in [0, 0.1) is 5.92 Å². The molecular weight excluding hydrogens is 328 g/mol. The lowest BCUT2D eigenvalue weighted by atomic mass is 9.97. The lowest BCUT2D eigenvalue weighted by Crippen LogP contribution is -2.45. The topological polar surface area (TPSA) is 58.1 Å². The van der Waals surface area contributed by atoms with Crippen LogP contribution in [0.5, 0.6) is 5.75 Å². The number of benzene rings is 1. The Balaban J connectivity index is 1.33. The minimum Gasteiger partial charge on any atom is -0.488 e. The van der Waals surface area contributed by atoms with Gasteiger partial charge in [0.05, 0.1) is 13.2 Å². The fraction of sp³-hybridized carbons (Fsp3) is 0.650. The first-order valence-corrected chi connectivity index (χ1v) is 9.69. The van der Waals surface area contributed by atoms with Crippen molar-refractivity contribution in [3.63, 3.8) is 0 Å². The van der Waals surface area contributed by atoms with E-state index in [1.807, 2.05) is 19.2 Å². The first-order chi connectivity index (χ1) is 12.8. The number of rotatable bonds is 7. The Hall–Kier alpha value is -1.79. The van der Waals surface area contributed by atoms with Crippen LogP contribution in [0.3, 0.4) is 0 Å².